The molecule has 0 aliphatic carbocycles. The van der Waals surface area contributed by atoms with Gasteiger partial charge in [-0.2, -0.15) is 0 Å². The van der Waals surface area contributed by atoms with Gasteiger partial charge < -0.3 is 15.1 Å². The van der Waals surface area contributed by atoms with E-state index in [2.05, 4.69) is 32.5 Å². The molecule has 2 rings (SSSR count). The molecular weight excluding hydrogens is 254 g/mol. The first-order chi connectivity index (χ1) is 9.74. The van der Waals surface area contributed by atoms with E-state index in [1.807, 2.05) is 13.8 Å². The third kappa shape index (κ3) is 3.46. The predicted molar refractivity (Wildman–Crippen MR) is 78.8 cm³/mol. The molecule has 108 valence electrons. The highest BCUT2D eigenvalue weighted by Gasteiger charge is 2.08. The van der Waals surface area contributed by atoms with E-state index in [0.29, 0.717) is 12.4 Å². The normalized spacial score (nSPS) is 10.6. The van der Waals surface area contributed by atoms with Crippen molar-refractivity contribution in [3.05, 3.63) is 29.7 Å². The van der Waals surface area contributed by atoms with Crippen LogP contribution in [0.15, 0.2) is 16.9 Å². The van der Waals surface area contributed by atoms with E-state index in [9.17, 15) is 0 Å². The topological polar surface area (TPSA) is 75.9 Å². The second-order valence-electron chi connectivity index (χ2n) is 4.55. The second kappa shape index (κ2) is 6.88. The van der Waals surface area contributed by atoms with Crippen molar-refractivity contribution in [3.63, 3.8) is 0 Å². The van der Waals surface area contributed by atoms with E-state index in [0.717, 1.165) is 42.3 Å². The van der Waals surface area contributed by atoms with E-state index in [1.54, 1.807) is 12.5 Å². The highest BCUT2D eigenvalue weighted by molar-refractivity contribution is 5.56. The van der Waals surface area contributed by atoms with Crippen molar-refractivity contribution in [2.24, 2.45) is 0 Å². The first-order valence-electron chi connectivity index (χ1n) is 6.97. The zero-order chi connectivity index (χ0) is 14.4. The molecule has 0 aliphatic rings. The van der Waals surface area contributed by atoms with Gasteiger partial charge in [-0.15, -0.1) is 0 Å². The van der Waals surface area contributed by atoms with Crippen LogP contribution in [0.1, 0.15) is 37.5 Å². The van der Waals surface area contributed by atoms with Crippen LogP contribution in [-0.2, 0) is 13.0 Å². The van der Waals surface area contributed by atoms with Gasteiger partial charge in [0.15, 0.2) is 0 Å². The van der Waals surface area contributed by atoms with E-state index in [1.165, 1.54) is 0 Å². The standard InChI is InChI=1S/C14H21N5O/c1-4-6-15-13-10(3)14(19-9-18-13)17-8-12-16-7-11(5-2)20-12/h7,9H,4-6,8H2,1-3H3,(H2,15,17,18,19). The van der Waals surface area contributed by atoms with Gasteiger partial charge in [0.05, 0.1) is 12.7 Å². The lowest BCUT2D eigenvalue weighted by Crippen LogP contribution is -2.09. The Hall–Kier alpha value is -2.11. The Kier molecular flexibility index (Phi) is 4.92. The number of oxazole rings is 1. The van der Waals surface area contributed by atoms with E-state index in [4.69, 9.17) is 4.42 Å². The number of aromatic nitrogens is 3. The molecule has 0 atom stereocenters. The molecule has 2 aromatic heterocycles. The first-order valence-corrected chi connectivity index (χ1v) is 6.97. The van der Waals surface area contributed by atoms with Crippen LogP contribution >= 0.6 is 0 Å². The predicted octanol–water partition coefficient (Wildman–Crippen LogP) is 2.77. The molecule has 0 spiro atoms. The van der Waals surface area contributed by atoms with Gasteiger partial charge in [0.25, 0.3) is 0 Å². The number of hydrogen-bond acceptors (Lipinski definition) is 6. The Morgan fingerprint density at radius 2 is 1.85 bits per heavy atom. The van der Waals surface area contributed by atoms with Crippen LogP contribution in [-0.4, -0.2) is 21.5 Å². The van der Waals surface area contributed by atoms with Gasteiger partial charge in [-0.25, -0.2) is 15.0 Å². The van der Waals surface area contributed by atoms with Crippen molar-refractivity contribution in [1.29, 1.82) is 0 Å². The van der Waals surface area contributed by atoms with Gasteiger partial charge in [0.2, 0.25) is 5.89 Å². The number of nitrogens with one attached hydrogen (secondary N) is 2. The number of hydrogen-bond donors (Lipinski definition) is 2. The van der Waals surface area contributed by atoms with Gasteiger partial charge in [-0.3, -0.25) is 0 Å². The molecule has 0 fully saturated rings. The summed E-state index contributed by atoms with van der Waals surface area (Å²) < 4.78 is 5.56. The summed E-state index contributed by atoms with van der Waals surface area (Å²) in [7, 11) is 0. The summed E-state index contributed by atoms with van der Waals surface area (Å²) in [5, 5.41) is 6.52. The molecule has 0 saturated carbocycles. The van der Waals surface area contributed by atoms with Crippen molar-refractivity contribution in [1.82, 2.24) is 15.0 Å². The quantitative estimate of drug-likeness (QED) is 0.809. The van der Waals surface area contributed by atoms with E-state index < -0.39 is 0 Å². The van der Waals surface area contributed by atoms with Crippen molar-refractivity contribution < 1.29 is 4.42 Å². The molecule has 6 heteroatoms. The Labute approximate surface area is 119 Å². The summed E-state index contributed by atoms with van der Waals surface area (Å²) in [4.78, 5) is 12.7. The molecule has 2 aromatic rings. The highest BCUT2D eigenvalue weighted by atomic mass is 16.4. The summed E-state index contributed by atoms with van der Waals surface area (Å²) in [5.74, 6) is 3.23. The summed E-state index contributed by atoms with van der Waals surface area (Å²) in [6.45, 7) is 7.57. The Bertz CT molecular complexity index is 552. The minimum absolute atomic E-state index is 0.519. The first kappa shape index (κ1) is 14.3. The minimum atomic E-state index is 0.519. The van der Waals surface area contributed by atoms with E-state index in [-0.39, 0.29) is 0 Å². The third-order valence-electron chi connectivity index (χ3n) is 2.98. The molecule has 2 heterocycles. The van der Waals surface area contributed by atoms with Crippen LogP contribution < -0.4 is 10.6 Å². The lowest BCUT2D eigenvalue weighted by molar-refractivity contribution is 0.465. The lowest BCUT2D eigenvalue weighted by Gasteiger charge is -2.11. The largest absolute Gasteiger partial charge is 0.444 e. The molecule has 0 bridgehead atoms. The lowest BCUT2D eigenvalue weighted by atomic mass is 10.3. The highest BCUT2D eigenvalue weighted by Crippen LogP contribution is 2.18. The molecule has 6 nitrogen and oxygen atoms in total. The maximum atomic E-state index is 5.56. The summed E-state index contributed by atoms with van der Waals surface area (Å²) in [5.41, 5.74) is 1.00. The molecular formula is C14H21N5O. The zero-order valence-corrected chi connectivity index (χ0v) is 12.2. The van der Waals surface area contributed by atoms with Crippen LogP contribution in [0.3, 0.4) is 0 Å². The molecule has 0 aromatic carbocycles. The SMILES string of the molecule is CCCNc1ncnc(NCc2ncc(CC)o2)c1C. The van der Waals surface area contributed by atoms with Crippen LogP contribution in [0.2, 0.25) is 0 Å². The van der Waals surface area contributed by atoms with Crippen molar-refractivity contribution in [2.75, 3.05) is 17.2 Å². The number of rotatable bonds is 7. The molecule has 0 radical (unpaired) electrons. The van der Waals surface area contributed by atoms with Crippen molar-refractivity contribution >= 4 is 11.6 Å². The summed E-state index contributed by atoms with van der Waals surface area (Å²) >= 11 is 0. The number of anilines is 2. The van der Waals surface area contributed by atoms with Crippen LogP contribution in [0.5, 0.6) is 0 Å². The fourth-order valence-corrected chi connectivity index (χ4v) is 1.80. The smallest absolute Gasteiger partial charge is 0.213 e. The number of nitrogens with zero attached hydrogens (tertiary/aromatic N) is 3. The van der Waals surface area contributed by atoms with Gasteiger partial charge in [0, 0.05) is 18.5 Å². The maximum Gasteiger partial charge on any atom is 0.213 e. The van der Waals surface area contributed by atoms with Crippen LogP contribution in [0.4, 0.5) is 11.6 Å². The third-order valence-corrected chi connectivity index (χ3v) is 2.98. The molecule has 2 N–H and O–H groups in total. The second-order valence-corrected chi connectivity index (χ2v) is 4.55. The Morgan fingerprint density at radius 1 is 1.10 bits per heavy atom. The molecule has 0 aliphatic heterocycles. The number of aryl methyl sites for hydroxylation is 1. The van der Waals surface area contributed by atoms with Gasteiger partial charge in [-0.1, -0.05) is 13.8 Å². The monoisotopic (exact) mass is 275 g/mol. The Balaban J connectivity index is 2.01. The maximum absolute atomic E-state index is 5.56. The average Bonchev–Trinajstić information content (AvgIpc) is 2.93. The zero-order valence-electron chi connectivity index (χ0n) is 12.2. The van der Waals surface area contributed by atoms with Gasteiger partial charge in [0.1, 0.15) is 23.7 Å². The molecule has 0 unspecified atom stereocenters. The summed E-state index contributed by atoms with van der Waals surface area (Å²) in [6, 6.07) is 0. The molecule has 0 saturated heterocycles. The fourth-order valence-electron chi connectivity index (χ4n) is 1.80. The molecule has 20 heavy (non-hydrogen) atoms. The van der Waals surface area contributed by atoms with Crippen LogP contribution in [0, 0.1) is 6.92 Å². The minimum Gasteiger partial charge on any atom is -0.444 e. The van der Waals surface area contributed by atoms with Crippen molar-refractivity contribution in [2.45, 2.75) is 40.2 Å². The van der Waals surface area contributed by atoms with Gasteiger partial charge >= 0.3 is 0 Å². The van der Waals surface area contributed by atoms with Gasteiger partial charge in [-0.05, 0) is 13.3 Å². The summed E-state index contributed by atoms with van der Waals surface area (Å²) in [6.07, 6.45) is 5.23. The molecule has 0 amide bonds. The fraction of sp³-hybridized carbons (Fsp3) is 0.500. The average molecular weight is 275 g/mol. The van der Waals surface area contributed by atoms with Crippen LogP contribution in [0.25, 0.3) is 0 Å². The van der Waals surface area contributed by atoms with Crippen molar-refractivity contribution in [3.8, 4) is 0 Å². The Morgan fingerprint density at radius 3 is 2.50 bits per heavy atom. The van der Waals surface area contributed by atoms with E-state index >= 15 is 0 Å².